The Kier molecular flexibility index (Phi) is 5.38. The molecule has 0 spiro atoms. The molecule has 2 rings (SSSR count). The first-order chi connectivity index (χ1) is 9.60. The number of hydrogen-bond donors (Lipinski definition) is 2. The van der Waals surface area contributed by atoms with E-state index in [4.69, 9.17) is 23.1 Å². The van der Waals surface area contributed by atoms with Crippen LogP contribution in [0.4, 0.5) is 0 Å². The Labute approximate surface area is 126 Å². The van der Waals surface area contributed by atoms with E-state index in [-0.39, 0.29) is 12.5 Å². The molecule has 2 aliphatic rings. The molecule has 1 aliphatic carbocycles. The normalized spacial score (nSPS) is 26.2. The number of aliphatic hydroxyl groups is 1. The summed E-state index contributed by atoms with van der Waals surface area (Å²) in [6.45, 7) is 1.77. The Bertz CT molecular complexity index is 365. The SMILES string of the molecule is NC(=S)C1(C(=O)N2CCCC(CCO)C2)CCCCC1. The summed E-state index contributed by atoms with van der Waals surface area (Å²) in [4.78, 5) is 15.3. The number of piperidine rings is 1. The zero-order valence-corrected chi connectivity index (χ0v) is 13.0. The maximum Gasteiger partial charge on any atom is 0.235 e. The van der Waals surface area contributed by atoms with Gasteiger partial charge in [-0.15, -0.1) is 0 Å². The average Bonchev–Trinajstić information content (AvgIpc) is 2.47. The quantitative estimate of drug-likeness (QED) is 0.777. The fraction of sp³-hybridized carbons (Fsp3) is 0.867. The maximum atomic E-state index is 13.0. The molecule has 0 radical (unpaired) electrons. The van der Waals surface area contributed by atoms with Crippen molar-refractivity contribution in [3.8, 4) is 0 Å². The van der Waals surface area contributed by atoms with E-state index < -0.39 is 5.41 Å². The smallest absolute Gasteiger partial charge is 0.235 e. The summed E-state index contributed by atoms with van der Waals surface area (Å²) in [6, 6.07) is 0. The van der Waals surface area contributed by atoms with Crippen LogP contribution in [0.3, 0.4) is 0 Å². The molecular formula is C15H26N2O2S. The van der Waals surface area contributed by atoms with Crippen LogP contribution in [0.1, 0.15) is 51.4 Å². The molecule has 0 aromatic heterocycles. The minimum absolute atomic E-state index is 0.146. The van der Waals surface area contributed by atoms with Crippen LogP contribution >= 0.6 is 12.2 Å². The first-order valence-electron chi connectivity index (χ1n) is 7.80. The van der Waals surface area contributed by atoms with Gasteiger partial charge in [0.15, 0.2) is 0 Å². The Morgan fingerprint density at radius 3 is 2.60 bits per heavy atom. The topological polar surface area (TPSA) is 66.6 Å². The van der Waals surface area contributed by atoms with Crippen molar-refractivity contribution in [3.63, 3.8) is 0 Å². The van der Waals surface area contributed by atoms with Gasteiger partial charge in [-0.25, -0.2) is 0 Å². The third-order valence-corrected chi connectivity index (χ3v) is 5.32. The van der Waals surface area contributed by atoms with E-state index in [1.54, 1.807) is 0 Å². The molecule has 1 aliphatic heterocycles. The summed E-state index contributed by atoms with van der Waals surface area (Å²) in [7, 11) is 0. The highest BCUT2D eigenvalue weighted by atomic mass is 32.1. The zero-order valence-electron chi connectivity index (χ0n) is 12.1. The second-order valence-corrected chi connectivity index (χ2v) is 6.72. The molecular weight excluding hydrogens is 272 g/mol. The van der Waals surface area contributed by atoms with Gasteiger partial charge < -0.3 is 15.7 Å². The largest absolute Gasteiger partial charge is 0.396 e. The van der Waals surface area contributed by atoms with Gasteiger partial charge >= 0.3 is 0 Å². The van der Waals surface area contributed by atoms with Crippen molar-refractivity contribution in [2.24, 2.45) is 17.1 Å². The molecule has 0 bridgehead atoms. The molecule has 1 saturated carbocycles. The third-order valence-electron chi connectivity index (χ3n) is 4.93. The van der Waals surface area contributed by atoms with Crippen molar-refractivity contribution >= 4 is 23.1 Å². The standard InChI is InChI=1S/C15H26N2O2S/c16-13(20)15(7-2-1-3-8-15)14(19)17-9-4-5-12(11-17)6-10-18/h12,18H,1-11H2,(H2,16,20). The van der Waals surface area contributed by atoms with Crippen molar-refractivity contribution in [3.05, 3.63) is 0 Å². The van der Waals surface area contributed by atoms with Gasteiger partial charge in [-0.05, 0) is 38.0 Å². The number of nitrogens with zero attached hydrogens (tertiary/aromatic N) is 1. The first kappa shape index (κ1) is 15.7. The molecule has 1 atom stereocenters. The van der Waals surface area contributed by atoms with Crippen LogP contribution in [0.2, 0.25) is 0 Å². The fourth-order valence-corrected chi connectivity index (χ4v) is 3.98. The van der Waals surface area contributed by atoms with Crippen LogP contribution in [0.5, 0.6) is 0 Å². The predicted molar refractivity (Wildman–Crippen MR) is 83.3 cm³/mol. The molecule has 1 heterocycles. The number of likely N-dealkylation sites (tertiary alicyclic amines) is 1. The molecule has 0 aromatic rings. The van der Waals surface area contributed by atoms with Gasteiger partial charge in [-0.3, -0.25) is 4.79 Å². The molecule has 0 aromatic carbocycles. The van der Waals surface area contributed by atoms with Crippen LogP contribution in [-0.4, -0.2) is 40.6 Å². The lowest BCUT2D eigenvalue weighted by Gasteiger charge is -2.42. The first-order valence-corrected chi connectivity index (χ1v) is 8.21. The highest BCUT2D eigenvalue weighted by Gasteiger charge is 2.45. The molecule has 1 saturated heterocycles. The van der Waals surface area contributed by atoms with E-state index in [1.807, 2.05) is 4.90 Å². The monoisotopic (exact) mass is 298 g/mol. The Balaban J connectivity index is 2.09. The third kappa shape index (κ3) is 3.14. The molecule has 5 heteroatoms. The lowest BCUT2D eigenvalue weighted by atomic mass is 9.72. The number of aliphatic hydroxyl groups excluding tert-OH is 1. The van der Waals surface area contributed by atoms with Gasteiger partial charge in [-0.2, -0.15) is 0 Å². The summed E-state index contributed by atoms with van der Waals surface area (Å²) in [5.74, 6) is 0.567. The van der Waals surface area contributed by atoms with Crippen molar-refractivity contribution in [2.45, 2.75) is 51.4 Å². The summed E-state index contributed by atoms with van der Waals surface area (Å²) < 4.78 is 0. The number of amides is 1. The second-order valence-electron chi connectivity index (χ2n) is 6.28. The van der Waals surface area contributed by atoms with Crippen LogP contribution in [0.15, 0.2) is 0 Å². The number of hydrogen-bond acceptors (Lipinski definition) is 3. The summed E-state index contributed by atoms with van der Waals surface area (Å²) in [5.41, 5.74) is 5.36. The lowest BCUT2D eigenvalue weighted by Crippen LogP contribution is -2.54. The zero-order chi connectivity index (χ0) is 14.6. The van der Waals surface area contributed by atoms with E-state index in [0.717, 1.165) is 58.0 Å². The van der Waals surface area contributed by atoms with Crippen molar-refractivity contribution < 1.29 is 9.90 Å². The average molecular weight is 298 g/mol. The van der Waals surface area contributed by atoms with Gasteiger partial charge in [0.25, 0.3) is 0 Å². The maximum absolute atomic E-state index is 13.0. The minimum atomic E-state index is -0.589. The van der Waals surface area contributed by atoms with E-state index in [0.29, 0.717) is 10.9 Å². The van der Waals surface area contributed by atoms with Gasteiger partial charge in [0.2, 0.25) is 5.91 Å². The Hall–Kier alpha value is -0.680. The van der Waals surface area contributed by atoms with Crippen molar-refractivity contribution in [1.82, 2.24) is 4.90 Å². The number of nitrogens with two attached hydrogens (primary N) is 1. The second kappa shape index (κ2) is 6.85. The van der Waals surface area contributed by atoms with Crippen molar-refractivity contribution in [2.75, 3.05) is 19.7 Å². The lowest BCUT2D eigenvalue weighted by molar-refractivity contribution is -0.141. The van der Waals surface area contributed by atoms with Gasteiger partial charge in [0.1, 0.15) is 0 Å². The molecule has 1 amide bonds. The van der Waals surface area contributed by atoms with E-state index in [2.05, 4.69) is 0 Å². The summed E-state index contributed by atoms with van der Waals surface area (Å²) in [5, 5.41) is 9.09. The molecule has 3 N–H and O–H groups in total. The summed E-state index contributed by atoms with van der Waals surface area (Å²) >= 11 is 5.24. The van der Waals surface area contributed by atoms with E-state index >= 15 is 0 Å². The highest BCUT2D eigenvalue weighted by Crippen LogP contribution is 2.39. The summed E-state index contributed by atoms with van der Waals surface area (Å²) in [6.07, 6.45) is 7.77. The number of rotatable bonds is 4. The van der Waals surface area contributed by atoms with E-state index in [1.165, 1.54) is 6.42 Å². The molecule has 114 valence electrons. The van der Waals surface area contributed by atoms with Gasteiger partial charge in [0, 0.05) is 19.7 Å². The van der Waals surface area contributed by atoms with Crippen molar-refractivity contribution in [1.29, 1.82) is 0 Å². The highest BCUT2D eigenvalue weighted by molar-refractivity contribution is 7.80. The van der Waals surface area contributed by atoms with Gasteiger partial charge in [-0.1, -0.05) is 31.5 Å². The van der Waals surface area contributed by atoms with Crippen LogP contribution in [0, 0.1) is 11.3 Å². The molecule has 2 fully saturated rings. The predicted octanol–water partition coefficient (Wildman–Crippen LogP) is 1.84. The number of carbonyl (C=O) groups excluding carboxylic acids is 1. The number of carbonyl (C=O) groups is 1. The molecule has 1 unspecified atom stereocenters. The van der Waals surface area contributed by atoms with Crippen LogP contribution in [0.25, 0.3) is 0 Å². The van der Waals surface area contributed by atoms with Crippen LogP contribution < -0.4 is 5.73 Å². The van der Waals surface area contributed by atoms with Gasteiger partial charge in [0.05, 0.1) is 10.4 Å². The molecule has 20 heavy (non-hydrogen) atoms. The van der Waals surface area contributed by atoms with E-state index in [9.17, 15) is 4.79 Å². The molecule has 4 nitrogen and oxygen atoms in total. The van der Waals surface area contributed by atoms with Crippen LogP contribution in [-0.2, 0) is 4.79 Å². The Morgan fingerprint density at radius 1 is 1.30 bits per heavy atom. The number of thiocarbonyl (C=S) groups is 1. The Morgan fingerprint density at radius 2 is 2.00 bits per heavy atom. The minimum Gasteiger partial charge on any atom is -0.396 e. The fourth-order valence-electron chi connectivity index (χ4n) is 3.69.